The van der Waals surface area contributed by atoms with Gasteiger partial charge in [0.2, 0.25) is 11.9 Å². The molecule has 1 saturated heterocycles. The zero-order valence-electron chi connectivity index (χ0n) is 23.2. The summed E-state index contributed by atoms with van der Waals surface area (Å²) in [5, 5.41) is 2.91. The van der Waals surface area contributed by atoms with Crippen LogP contribution in [0, 0.1) is 0 Å². The highest BCUT2D eigenvalue weighted by Crippen LogP contribution is 2.33. The highest BCUT2D eigenvalue weighted by molar-refractivity contribution is 5.91. The summed E-state index contributed by atoms with van der Waals surface area (Å²) < 4.78 is 69.5. The zero-order chi connectivity index (χ0) is 26.4. The van der Waals surface area contributed by atoms with Gasteiger partial charge in [-0.25, -0.2) is 4.98 Å². The van der Waals surface area contributed by atoms with Gasteiger partial charge in [0.25, 0.3) is 0 Å². The van der Waals surface area contributed by atoms with Gasteiger partial charge in [0.05, 0.1) is 23.8 Å². The predicted octanol–water partition coefficient (Wildman–Crippen LogP) is 1.77. The molecule has 1 unspecified atom stereocenters. The molecule has 1 amide bonds. The number of benzene rings is 1. The molecule has 0 saturated carbocycles. The average molecular weight is 433 g/mol. The number of methoxy groups -OCH3 is 2. The summed E-state index contributed by atoms with van der Waals surface area (Å²) in [6.45, 7) is -2.85. The highest BCUT2D eigenvalue weighted by Gasteiger charge is 2.22. The number of fused-ring (bicyclic) bond motifs is 1. The van der Waals surface area contributed by atoms with Crippen LogP contribution in [-0.4, -0.2) is 62.9 Å². The summed E-state index contributed by atoms with van der Waals surface area (Å²) in [4.78, 5) is 23.0. The molecule has 29 heavy (non-hydrogen) atoms. The van der Waals surface area contributed by atoms with E-state index >= 15 is 0 Å². The summed E-state index contributed by atoms with van der Waals surface area (Å²) >= 11 is 0. The van der Waals surface area contributed by atoms with Crippen molar-refractivity contribution in [2.75, 3.05) is 51.5 Å². The number of nitrogens with two attached hydrogens (primary N) is 1. The fourth-order valence-corrected chi connectivity index (χ4v) is 2.62. The number of carbonyl (C=O) groups excluding carboxylic acids is 1. The Morgan fingerprint density at radius 2 is 2.14 bits per heavy atom. The number of aromatic nitrogens is 2. The molecule has 0 spiro atoms. The second-order valence-electron chi connectivity index (χ2n) is 5.95. The van der Waals surface area contributed by atoms with Crippen molar-refractivity contribution < 1.29 is 28.6 Å². The van der Waals surface area contributed by atoms with Crippen molar-refractivity contribution in [3.05, 3.63) is 12.1 Å². The normalized spacial score (nSPS) is 26.9. The van der Waals surface area contributed by atoms with Gasteiger partial charge in [0.15, 0.2) is 11.5 Å². The average Bonchev–Trinajstić information content (AvgIpc) is 2.89. The summed E-state index contributed by atoms with van der Waals surface area (Å²) in [6, 6.07) is 3.35. The summed E-state index contributed by atoms with van der Waals surface area (Å²) in [6.07, 6.45) is -9.22. The van der Waals surface area contributed by atoms with Crippen molar-refractivity contribution in [2.45, 2.75) is 25.2 Å². The smallest absolute Gasteiger partial charge is 0.249 e. The van der Waals surface area contributed by atoms with E-state index in [0.717, 1.165) is 0 Å². The Balaban J connectivity index is 0.00000456. The second kappa shape index (κ2) is 10.3. The maximum atomic E-state index is 12.5. The summed E-state index contributed by atoms with van der Waals surface area (Å²) in [5.74, 6) is 0.217. The molecule has 0 radical (unpaired) electrons. The van der Waals surface area contributed by atoms with Crippen molar-refractivity contribution >= 4 is 41.0 Å². The van der Waals surface area contributed by atoms with E-state index in [1.807, 2.05) is 0 Å². The molecule has 0 bridgehead atoms. The van der Waals surface area contributed by atoms with E-state index in [-0.39, 0.29) is 24.8 Å². The maximum absolute atomic E-state index is 12.5. The minimum atomic E-state index is -3.23. The van der Waals surface area contributed by atoms with E-state index in [0.29, 0.717) is 41.3 Å². The van der Waals surface area contributed by atoms with E-state index in [1.165, 1.54) is 14.2 Å². The van der Waals surface area contributed by atoms with Crippen molar-refractivity contribution in [2.24, 2.45) is 0 Å². The lowest BCUT2D eigenvalue weighted by Crippen LogP contribution is -2.36. The Kier molecular flexibility index (Phi) is 5.14. The molecule has 2 aromatic rings. The molecule has 1 atom stereocenters. The summed E-state index contributed by atoms with van der Waals surface area (Å²) in [7, 11) is 4.71. The third-order valence-corrected chi connectivity index (χ3v) is 4.10. The topological polar surface area (TPSA) is 112 Å². The number of rotatable bonds is 8. The largest absolute Gasteiger partial charge is 0.493 e. The molecule has 1 aliphatic rings. The standard InChI is InChI=1S/C19H27N5O4.ClH/c1-24(8-5-7-21-18(25)14-6-4-9-28-14)19-22-13-11-16(27-3)15(26-2)10-12(13)17(20)23-19;/h10-11,14H,4-9H2,1-3H3,(H,21,25)(H2,20,22,23);1H/i4D2,6D2,9D2,14D;. The molecule has 3 rings (SSSR count). The van der Waals surface area contributed by atoms with Gasteiger partial charge in [-0.3, -0.25) is 4.79 Å². The van der Waals surface area contributed by atoms with Gasteiger partial charge in [-0.15, -0.1) is 12.4 Å². The van der Waals surface area contributed by atoms with Gasteiger partial charge >= 0.3 is 0 Å². The lowest BCUT2D eigenvalue weighted by Gasteiger charge is -2.19. The van der Waals surface area contributed by atoms with Crippen LogP contribution in [-0.2, 0) is 9.53 Å². The Morgan fingerprint density at radius 3 is 2.79 bits per heavy atom. The van der Waals surface area contributed by atoms with Crippen LogP contribution >= 0.6 is 12.4 Å². The molecule has 1 aromatic heterocycles. The molecular formula is C19H28ClN5O4. The zero-order valence-corrected chi connectivity index (χ0v) is 17.1. The number of amides is 1. The van der Waals surface area contributed by atoms with Gasteiger partial charge in [-0.05, 0) is 25.2 Å². The molecule has 9 nitrogen and oxygen atoms in total. The first kappa shape index (κ1) is 14.5. The quantitative estimate of drug-likeness (QED) is 0.607. The van der Waals surface area contributed by atoms with Crippen LogP contribution in [0.4, 0.5) is 11.8 Å². The molecule has 0 aliphatic carbocycles. The number of nitrogen functional groups attached to an aromatic ring is 1. The van der Waals surface area contributed by atoms with E-state index in [9.17, 15) is 4.79 Å². The molecule has 160 valence electrons. The van der Waals surface area contributed by atoms with Crippen LogP contribution in [0.5, 0.6) is 11.5 Å². The van der Waals surface area contributed by atoms with Crippen LogP contribution < -0.4 is 25.4 Å². The predicted molar refractivity (Wildman–Crippen MR) is 114 cm³/mol. The van der Waals surface area contributed by atoms with Gasteiger partial charge in [0.1, 0.15) is 11.9 Å². The third-order valence-electron chi connectivity index (χ3n) is 4.10. The third kappa shape index (κ3) is 5.30. The Bertz CT molecular complexity index is 1140. The second-order valence-corrected chi connectivity index (χ2v) is 5.95. The number of hydrogen-bond donors (Lipinski definition) is 2. The monoisotopic (exact) mass is 432 g/mol. The van der Waals surface area contributed by atoms with Crippen LogP contribution in [0.3, 0.4) is 0 Å². The van der Waals surface area contributed by atoms with Crippen LogP contribution in [0.1, 0.15) is 28.8 Å². The minimum absolute atomic E-state index is 0. The molecule has 2 heterocycles. The number of nitrogens with one attached hydrogen (secondary N) is 1. The molecular weight excluding hydrogens is 398 g/mol. The maximum Gasteiger partial charge on any atom is 0.249 e. The highest BCUT2D eigenvalue weighted by atomic mass is 35.5. The molecule has 10 heteroatoms. The number of halogens is 1. The first-order valence-corrected chi connectivity index (χ1v) is 8.52. The first-order valence-electron chi connectivity index (χ1n) is 12.0. The SMILES string of the molecule is Cl.[2H]C1([2H])OC([2H])(C(=O)NCCCN(C)c2nc(N)c3cc(OC)c(OC)cc3n2)C([2H])([2H])C1([2H])[2H]. The van der Waals surface area contributed by atoms with Gasteiger partial charge in [0, 0.05) is 43.6 Å². The number of nitrogens with zero attached hydrogens (tertiary/aromatic N) is 3. The van der Waals surface area contributed by atoms with E-state index in [2.05, 4.69) is 20.0 Å². The van der Waals surface area contributed by atoms with Gasteiger partial charge in [-0.1, -0.05) is 0 Å². The Labute approximate surface area is 186 Å². The number of hydrogen-bond acceptors (Lipinski definition) is 8. The van der Waals surface area contributed by atoms with E-state index in [1.54, 1.807) is 24.1 Å². The lowest BCUT2D eigenvalue weighted by atomic mass is 10.2. The molecule has 1 aromatic carbocycles. The summed E-state index contributed by atoms with van der Waals surface area (Å²) in [5.41, 5.74) is 6.63. The van der Waals surface area contributed by atoms with E-state index < -0.39 is 31.3 Å². The number of anilines is 2. The number of carbonyl (C=O) groups is 1. The minimum Gasteiger partial charge on any atom is -0.493 e. The molecule has 3 N–H and O–H groups in total. The van der Waals surface area contributed by atoms with Crippen LogP contribution in [0.15, 0.2) is 12.1 Å². The van der Waals surface area contributed by atoms with Crippen molar-refractivity contribution in [3.8, 4) is 11.5 Å². The number of ether oxygens (including phenoxy) is 3. The van der Waals surface area contributed by atoms with Crippen LogP contribution in [0.25, 0.3) is 10.9 Å². The fraction of sp³-hybridized carbons (Fsp3) is 0.526. The fourth-order valence-electron chi connectivity index (χ4n) is 2.62. The Hall–Kier alpha value is -2.52. The molecule has 1 fully saturated rings. The van der Waals surface area contributed by atoms with Crippen molar-refractivity contribution in [1.29, 1.82) is 0 Å². The van der Waals surface area contributed by atoms with Crippen LogP contribution in [0.2, 0.25) is 0 Å². The van der Waals surface area contributed by atoms with Gasteiger partial charge in [-0.2, -0.15) is 4.98 Å². The van der Waals surface area contributed by atoms with Crippen molar-refractivity contribution in [1.82, 2.24) is 15.3 Å². The van der Waals surface area contributed by atoms with Gasteiger partial charge < -0.3 is 30.2 Å². The lowest BCUT2D eigenvalue weighted by molar-refractivity contribution is -0.130. The Morgan fingerprint density at radius 1 is 1.41 bits per heavy atom. The van der Waals surface area contributed by atoms with E-state index in [4.69, 9.17) is 24.8 Å². The molecule has 1 aliphatic heterocycles. The van der Waals surface area contributed by atoms with Crippen molar-refractivity contribution in [3.63, 3.8) is 0 Å². The first-order chi connectivity index (χ1) is 16.1.